The normalized spacial score (nSPS) is 14.7. The predicted octanol–water partition coefficient (Wildman–Crippen LogP) is 1.13. The minimum Gasteiger partial charge on any atom is -0.469 e. The first-order chi connectivity index (χ1) is 8.18. The van der Waals surface area contributed by atoms with Gasteiger partial charge in [0.1, 0.15) is 5.76 Å². The molecule has 6 heteroatoms. The minimum absolute atomic E-state index is 0.219. The van der Waals surface area contributed by atoms with Gasteiger partial charge in [-0.25, -0.2) is 13.1 Å². The van der Waals surface area contributed by atoms with Crippen LogP contribution >= 0.6 is 0 Å². The van der Waals surface area contributed by atoms with Crippen LogP contribution in [0.4, 0.5) is 0 Å². The van der Waals surface area contributed by atoms with E-state index in [9.17, 15) is 8.42 Å². The van der Waals surface area contributed by atoms with Gasteiger partial charge < -0.3 is 9.73 Å². The fourth-order valence-electron chi connectivity index (χ4n) is 1.77. The lowest BCUT2D eigenvalue weighted by molar-refractivity contribution is 0.382. The zero-order chi connectivity index (χ0) is 13.8. The fourth-order valence-corrected chi connectivity index (χ4v) is 2.85. The highest BCUT2D eigenvalue weighted by Gasteiger charge is 2.22. The first kappa shape index (κ1) is 15.2. The van der Waals surface area contributed by atoms with Gasteiger partial charge in [-0.05, 0) is 32.9 Å². The SMILES string of the molecule is CC(Cc1ccco1)NCC(C)(C)NS(C)(=O)=O. The van der Waals surface area contributed by atoms with Gasteiger partial charge in [0.25, 0.3) is 0 Å². The van der Waals surface area contributed by atoms with Crippen LogP contribution in [0.15, 0.2) is 22.8 Å². The number of hydrogen-bond donors (Lipinski definition) is 2. The topological polar surface area (TPSA) is 71.3 Å². The molecule has 18 heavy (non-hydrogen) atoms. The smallest absolute Gasteiger partial charge is 0.209 e. The maximum Gasteiger partial charge on any atom is 0.209 e. The van der Waals surface area contributed by atoms with Crippen LogP contribution in [-0.2, 0) is 16.4 Å². The van der Waals surface area contributed by atoms with E-state index in [-0.39, 0.29) is 6.04 Å². The number of furan rings is 1. The van der Waals surface area contributed by atoms with E-state index in [0.717, 1.165) is 12.2 Å². The highest BCUT2D eigenvalue weighted by Crippen LogP contribution is 2.06. The molecule has 0 aliphatic rings. The Morgan fingerprint density at radius 3 is 2.61 bits per heavy atom. The third-order valence-electron chi connectivity index (χ3n) is 2.44. The Labute approximate surface area is 109 Å². The van der Waals surface area contributed by atoms with Gasteiger partial charge in [0, 0.05) is 24.5 Å². The molecular formula is C12H22N2O3S. The Bertz CT molecular complexity index is 452. The van der Waals surface area contributed by atoms with Crippen LogP contribution in [-0.4, -0.2) is 32.8 Å². The number of rotatable bonds is 7. The summed E-state index contributed by atoms with van der Waals surface area (Å²) in [6.07, 6.45) is 3.60. The Hall–Kier alpha value is -0.850. The molecule has 1 unspecified atom stereocenters. The summed E-state index contributed by atoms with van der Waals surface area (Å²) in [6.45, 7) is 6.29. The molecule has 0 aliphatic carbocycles. The monoisotopic (exact) mass is 274 g/mol. The first-order valence-electron chi connectivity index (χ1n) is 5.93. The van der Waals surface area contributed by atoms with E-state index in [0.29, 0.717) is 6.54 Å². The van der Waals surface area contributed by atoms with Crippen molar-refractivity contribution < 1.29 is 12.8 Å². The van der Waals surface area contributed by atoms with E-state index < -0.39 is 15.6 Å². The maximum absolute atomic E-state index is 11.2. The van der Waals surface area contributed by atoms with E-state index in [1.165, 1.54) is 6.26 Å². The molecule has 2 N–H and O–H groups in total. The first-order valence-corrected chi connectivity index (χ1v) is 7.82. The summed E-state index contributed by atoms with van der Waals surface area (Å²) < 4.78 is 30.2. The van der Waals surface area contributed by atoms with Crippen molar-refractivity contribution in [3.8, 4) is 0 Å². The van der Waals surface area contributed by atoms with Crippen LogP contribution in [0.2, 0.25) is 0 Å². The molecule has 0 aromatic carbocycles. The molecule has 5 nitrogen and oxygen atoms in total. The van der Waals surface area contributed by atoms with E-state index in [1.54, 1.807) is 6.26 Å². The van der Waals surface area contributed by atoms with Crippen LogP contribution in [0.5, 0.6) is 0 Å². The second-order valence-corrected chi connectivity index (χ2v) is 7.07. The molecule has 0 aliphatic heterocycles. The van der Waals surface area contributed by atoms with Gasteiger partial charge in [0.15, 0.2) is 0 Å². The quantitative estimate of drug-likeness (QED) is 0.782. The van der Waals surface area contributed by atoms with E-state index in [1.807, 2.05) is 32.9 Å². The van der Waals surface area contributed by atoms with Gasteiger partial charge in [-0.1, -0.05) is 0 Å². The summed E-state index contributed by atoms with van der Waals surface area (Å²) in [4.78, 5) is 0. The lowest BCUT2D eigenvalue weighted by Gasteiger charge is -2.27. The third kappa shape index (κ3) is 6.18. The highest BCUT2D eigenvalue weighted by atomic mass is 32.2. The average molecular weight is 274 g/mol. The molecule has 1 aromatic rings. The van der Waals surface area contributed by atoms with Crippen molar-refractivity contribution in [2.45, 2.75) is 38.8 Å². The van der Waals surface area contributed by atoms with Crippen molar-refractivity contribution in [2.75, 3.05) is 12.8 Å². The van der Waals surface area contributed by atoms with Gasteiger partial charge in [-0.15, -0.1) is 0 Å². The van der Waals surface area contributed by atoms with Crippen LogP contribution < -0.4 is 10.0 Å². The van der Waals surface area contributed by atoms with Crippen LogP contribution in [0.1, 0.15) is 26.5 Å². The summed E-state index contributed by atoms with van der Waals surface area (Å²) in [7, 11) is -3.19. The van der Waals surface area contributed by atoms with Gasteiger partial charge >= 0.3 is 0 Å². The summed E-state index contributed by atoms with van der Waals surface area (Å²) in [5.74, 6) is 0.920. The molecule has 0 radical (unpaired) electrons. The number of nitrogens with one attached hydrogen (secondary N) is 2. The van der Waals surface area contributed by atoms with Crippen LogP contribution in [0, 0.1) is 0 Å². The standard InChI is InChI=1S/C12H22N2O3S/c1-10(8-11-6-5-7-17-11)13-9-12(2,3)14-18(4,15)16/h5-7,10,13-14H,8-9H2,1-4H3. The minimum atomic E-state index is -3.19. The zero-order valence-electron chi connectivity index (χ0n) is 11.4. The molecule has 1 rings (SSSR count). The number of hydrogen-bond acceptors (Lipinski definition) is 4. The average Bonchev–Trinajstić information content (AvgIpc) is 2.64. The molecule has 0 saturated carbocycles. The summed E-state index contributed by atoms with van der Waals surface area (Å²) in [5, 5.41) is 3.30. The molecule has 0 spiro atoms. The lowest BCUT2D eigenvalue weighted by Crippen LogP contribution is -2.51. The fraction of sp³-hybridized carbons (Fsp3) is 0.667. The van der Waals surface area contributed by atoms with Gasteiger partial charge in [0.2, 0.25) is 10.0 Å². The number of sulfonamides is 1. The van der Waals surface area contributed by atoms with Crippen molar-refractivity contribution in [3.05, 3.63) is 24.2 Å². The van der Waals surface area contributed by atoms with E-state index in [2.05, 4.69) is 10.0 Å². The maximum atomic E-state index is 11.2. The summed E-state index contributed by atoms with van der Waals surface area (Å²) in [5.41, 5.74) is -0.509. The Kier molecular flexibility index (Phi) is 4.95. The molecule has 104 valence electrons. The van der Waals surface area contributed by atoms with E-state index in [4.69, 9.17) is 4.42 Å². The largest absolute Gasteiger partial charge is 0.469 e. The Morgan fingerprint density at radius 2 is 2.11 bits per heavy atom. The molecular weight excluding hydrogens is 252 g/mol. The highest BCUT2D eigenvalue weighted by molar-refractivity contribution is 7.88. The Balaban J connectivity index is 2.39. The molecule has 0 bridgehead atoms. The molecule has 1 aromatic heterocycles. The molecule has 0 fully saturated rings. The van der Waals surface area contributed by atoms with Gasteiger partial charge in [-0.2, -0.15) is 0 Å². The van der Waals surface area contributed by atoms with Gasteiger partial charge in [0.05, 0.1) is 12.5 Å². The van der Waals surface area contributed by atoms with Crippen molar-refractivity contribution in [1.29, 1.82) is 0 Å². The molecule has 0 saturated heterocycles. The second-order valence-electron chi connectivity index (χ2n) is 5.32. The van der Waals surface area contributed by atoms with E-state index >= 15 is 0 Å². The van der Waals surface area contributed by atoms with Crippen molar-refractivity contribution >= 4 is 10.0 Å². The van der Waals surface area contributed by atoms with Crippen molar-refractivity contribution in [3.63, 3.8) is 0 Å². The molecule has 1 atom stereocenters. The van der Waals surface area contributed by atoms with Crippen LogP contribution in [0.25, 0.3) is 0 Å². The molecule has 1 heterocycles. The Morgan fingerprint density at radius 1 is 1.44 bits per heavy atom. The zero-order valence-corrected chi connectivity index (χ0v) is 12.2. The van der Waals surface area contributed by atoms with Gasteiger partial charge in [-0.3, -0.25) is 0 Å². The third-order valence-corrected chi connectivity index (χ3v) is 3.37. The summed E-state index contributed by atoms with van der Waals surface area (Å²) in [6, 6.07) is 4.01. The summed E-state index contributed by atoms with van der Waals surface area (Å²) >= 11 is 0. The lowest BCUT2D eigenvalue weighted by atomic mass is 10.1. The van der Waals surface area contributed by atoms with Crippen molar-refractivity contribution in [2.24, 2.45) is 0 Å². The predicted molar refractivity (Wildman–Crippen MR) is 71.9 cm³/mol. The van der Waals surface area contributed by atoms with Crippen molar-refractivity contribution in [1.82, 2.24) is 10.0 Å². The second kappa shape index (κ2) is 5.86. The molecule has 0 amide bonds. The van der Waals surface area contributed by atoms with Crippen LogP contribution in [0.3, 0.4) is 0 Å².